The molecule has 6 heteroatoms. The topological polar surface area (TPSA) is 53.2 Å². The van der Waals surface area contributed by atoms with Gasteiger partial charge >= 0.3 is 5.69 Å². The predicted molar refractivity (Wildman–Crippen MR) is 90.5 cm³/mol. The standard InChI is InChI=1S/C16H26N2O3S/c1-17-13(11-15(19)18(2)16(17)20)12-22-10-9-21-14-7-5-3-4-6-8-14/h11,14H,3-10,12H2,1-2H3. The van der Waals surface area contributed by atoms with Crippen molar-refractivity contribution in [1.82, 2.24) is 9.13 Å². The highest BCUT2D eigenvalue weighted by Gasteiger charge is 2.12. The third kappa shape index (κ3) is 4.74. The Kier molecular flexibility index (Phi) is 6.76. The third-order valence-corrected chi connectivity index (χ3v) is 5.21. The average Bonchev–Trinajstić information content (AvgIpc) is 2.78. The van der Waals surface area contributed by atoms with Crippen molar-refractivity contribution in [3.05, 3.63) is 32.6 Å². The fraction of sp³-hybridized carbons (Fsp3) is 0.750. The molecule has 2 rings (SSSR count). The number of nitrogens with zero attached hydrogens (tertiary/aromatic N) is 2. The lowest BCUT2D eigenvalue weighted by atomic mass is 10.1. The summed E-state index contributed by atoms with van der Waals surface area (Å²) in [6.45, 7) is 0.744. The molecule has 0 radical (unpaired) electrons. The van der Waals surface area contributed by atoms with Gasteiger partial charge in [-0.25, -0.2) is 4.79 Å². The van der Waals surface area contributed by atoms with E-state index < -0.39 is 0 Å². The fourth-order valence-corrected chi connectivity index (χ4v) is 3.62. The van der Waals surface area contributed by atoms with E-state index in [2.05, 4.69) is 0 Å². The lowest BCUT2D eigenvalue weighted by Gasteiger charge is -2.15. The zero-order chi connectivity index (χ0) is 15.9. The lowest BCUT2D eigenvalue weighted by Crippen LogP contribution is -2.37. The molecule has 0 bridgehead atoms. The van der Waals surface area contributed by atoms with Crippen LogP contribution in [0, 0.1) is 0 Å². The first kappa shape index (κ1) is 17.3. The van der Waals surface area contributed by atoms with Crippen LogP contribution in [-0.4, -0.2) is 27.6 Å². The first-order valence-electron chi connectivity index (χ1n) is 8.05. The minimum atomic E-state index is -0.266. The summed E-state index contributed by atoms with van der Waals surface area (Å²) in [6, 6.07) is 1.54. The van der Waals surface area contributed by atoms with Crippen LogP contribution in [0.3, 0.4) is 0 Å². The van der Waals surface area contributed by atoms with Gasteiger partial charge in [0, 0.05) is 37.4 Å². The Bertz CT molecular complexity index is 586. The molecular weight excluding hydrogens is 300 g/mol. The molecule has 0 amide bonds. The third-order valence-electron chi connectivity index (χ3n) is 4.26. The maximum absolute atomic E-state index is 11.8. The first-order valence-corrected chi connectivity index (χ1v) is 9.20. The van der Waals surface area contributed by atoms with Crippen molar-refractivity contribution in [2.45, 2.75) is 50.4 Å². The largest absolute Gasteiger partial charge is 0.377 e. The van der Waals surface area contributed by atoms with Crippen LogP contribution < -0.4 is 11.2 Å². The Hall–Kier alpha value is -1.01. The smallest absolute Gasteiger partial charge is 0.330 e. The van der Waals surface area contributed by atoms with E-state index >= 15 is 0 Å². The molecule has 0 N–H and O–H groups in total. The molecule has 1 aromatic rings. The van der Waals surface area contributed by atoms with Crippen LogP contribution in [0.2, 0.25) is 0 Å². The summed E-state index contributed by atoms with van der Waals surface area (Å²) in [5.41, 5.74) is 0.263. The summed E-state index contributed by atoms with van der Waals surface area (Å²) in [6.07, 6.45) is 8.05. The quantitative estimate of drug-likeness (QED) is 0.593. The van der Waals surface area contributed by atoms with Crippen LogP contribution >= 0.6 is 11.8 Å². The fourth-order valence-electron chi connectivity index (χ4n) is 2.78. The van der Waals surface area contributed by atoms with Crippen LogP contribution in [0.4, 0.5) is 0 Å². The monoisotopic (exact) mass is 326 g/mol. The molecule has 1 fully saturated rings. The van der Waals surface area contributed by atoms with Gasteiger partial charge in [-0.2, -0.15) is 11.8 Å². The molecule has 0 saturated heterocycles. The highest BCUT2D eigenvalue weighted by Crippen LogP contribution is 2.20. The summed E-state index contributed by atoms with van der Waals surface area (Å²) in [4.78, 5) is 23.5. The van der Waals surface area contributed by atoms with E-state index in [1.54, 1.807) is 29.4 Å². The Labute approximate surface area is 135 Å². The minimum Gasteiger partial charge on any atom is -0.377 e. The van der Waals surface area contributed by atoms with Gasteiger partial charge < -0.3 is 4.74 Å². The number of rotatable bonds is 6. The molecule has 22 heavy (non-hydrogen) atoms. The van der Waals surface area contributed by atoms with Crippen molar-refractivity contribution in [2.75, 3.05) is 12.4 Å². The number of thioether (sulfide) groups is 1. The van der Waals surface area contributed by atoms with Crippen LogP contribution in [0.25, 0.3) is 0 Å². The summed E-state index contributed by atoms with van der Waals surface area (Å²) in [5, 5.41) is 0. The van der Waals surface area contributed by atoms with E-state index in [0.717, 1.165) is 22.6 Å². The van der Waals surface area contributed by atoms with E-state index in [-0.39, 0.29) is 11.2 Å². The summed E-state index contributed by atoms with van der Waals surface area (Å²) < 4.78 is 8.61. The second-order valence-corrected chi connectivity index (χ2v) is 7.02. The van der Waals surface area contributed by atoms with Gasteiger partial charge in [-0.1, -0.05) is 25.7 Å². The second-order valence-electron chi connectivity index (χ2n) is 5.91. The van der Waals surface area contributed by atoms with Gasteiger partial charge in [0.05, 0.1) is 12.7 Å². The summed E-state index contributed by atoms with van der Waals surface area (Å²) in [5.74, 6) is 1.55. The Morgan fingerprint density at radius 1 is 1.14 bits per heavy atom. The maximum Gasteiger partial charge on any atom is 0.330 e. The zero-order valence-corrected chi connectivity index (χ0v) is 14.4. The molecule has 1 saturated carbocycles. The molecule has 0 unspecified atom stereocenters. The SMILES string of the molecule is Cn1c(CSCCOC2CCCCCC2)cc(=O)n(C)c1=O. The molecule has 1 aliphatic carbocycles. The highest BCUT2D eigenvalue weighted by atomic mass is 32.2. The number of aromatic nitrogens is 2. The predicted octanol–water partition coefficient (Wildman–Crippen LogP) is 2.06. The van der Waals surface area contributed by atoms with Crippen molar-refractivity contribution in [1.29, 1.82) is 0 Å². The first-order chi connectivity index (χ1) is 10.6. The molecule has 124 valence electrons. The van der Waals surface area contributed by atoms with E-state index in [0.29, 0.717) is 11.9 Å². The average molecular weight is 326 g/mol. The Balaban J connectivity index is 1.75. The number of hydrogen-bond donors (Lipinski definition) is 0. The van der Waals surface area contributed by atoms with E-state index in [9.17, 15) is 9.59 Å². The molecule has 0 atom stereocenters. The maximum atomic E-state index is 11.8. The van der Waals surface area contributed by atoms with Crippen molar-refractivity contribution in [3.63, 3.8) is 0 Å². The van der Waals surface area contributed by atoms with Crippen molar-refractivity contribution in [2.24, 2.45) is 14.1 Å². The molecule has 5 nitrogen and oxygen atoms in total. The van der Waals surface area contributed by atoms with Crippen LogP contribution in [0.5, 0.6) is 0 Å². The molecule has 1 heterocycles. The number of hydrogen-bond acceptors (Lipinski definition) is 4. The van der Waals surface area contributed by atoms with Crippen LogP contribution in [0.15, 0.2) is 15.7 Å². The van der Waals surface area contributed by atoms with Crippen molar-refractivity contribution >= 4 is 11.8 Å². The van der Waals surface area contributed by atoms with Crippen LogP contribution in [0.1, 0.15) is 44.2 Å². The Morgan fingerprint density at radius 2 is 1.82 bits per heavy atom. The van der Waals surface area contributed by atoms with Crippen molar-refractivity contribution in [3.8, 4) is 0 Å². The zero-order valence-electron chi connectivity index (χ0n) is 13.5. The van der Waals surface area contributed by atoms with Gasteiger partial charge in [-0.15, -0.1) is 0 Å². The molecule has 0 spiro atoms. The number of ether oxygens (including phenoxy) is 1. The van der Waals surface area contributed by atoms with Gasteiger partial charge in [0.15, 0.2) is 0 Å². The summed E-state index contributed by atoms with van der Waals surface area (Å²) >= 11 is 1.70. The van der Waals surface area contributed by atoms with Gasteiger partial charge in [0.2, 0.25) is 0 Å². The van der Waals surface area contributed by atoms with Gasteiger partial charge in [0.1, 0.15) is 0 Å². The summed E-state index contributed by atoms with van der Waals surface area (Å²) in [7, 11) is 3.21. The molecule has 1 aromatic heterocycles. The van der Waals surface area contributed by atoms with Gasteiger partial charge in [0.25, 0.3) is 5.56 Å². The molecule has 0 aliphatic heterocycles. The molecule has 1 aliphatic rings. The highest BCUT2D eigenvalue weighted by molar-refractivity contribution is 7.98. The second kappa shape index (κ2) is 8.58. The normalized spacial score (nSPS) is 16.6. The lowest BCUT2D eigenvalue weighted by molar-refractivity contribution is 0.0543. The molecule has 0 aromatic carbocycles. The van der Waals surface area contributed by atoms with Crippen molar-refractivity contribution < 1.29 is 4.74 Å². The van der Waals surface area contributed by atoms with Crippen LogP contribution in [-0.2, 0) is 24.6 Å². The van der Waals surface area contributed by atoms with E-state index in [4.69, 9.17) is 4.74 Å². The van der Waals surface area contributed by atoms with E-state index in [1.807, 2.05) is 0 Å². The van der Waals surface area contributed by atoms with Gasteiger partial charge in [-0.05, 0) is 12.8 Å². The minimum absolute atomic E-state index is 0.242. The van der Waals surface area contributed by atoms with Gasteiger partial charge in [-0.3, -0.25) is 13.9 Å². The molecular formula is C16H26N2O3S. The Morgan fingerprint density at radius 3 is 2.50 bits per heavy atom. The van der Waals surface area contributed by atoms with E-state index in [1.165, 1.54) is 45.6 Å².